The van der Waals surface area contributed by atoms with Crippen LogP contribution in [-0.2, 0) is 17.3 Å². The van der Waals surface area contributed by atoms with Gasteiger partial charge in [0.25, 0.3) is 0 Å². The molecule has 1 aromatic rings. The second-order valence-electron chi connectivity index (χ2n) is 8.08. The van der Waals surface area contributed by atoms with Gasteiger partial charge in [0, 0.05) is 5.69 Å². The van der Waals surface area contributed by atoms with Crippen LogP contribution in [0.1, 0.15) is 63.3 Å². The summed E-state index contributed by atoms with van der Waals surface area (Å²) in [5.41, 5.74) is 13.0. The quantitative estimate of drug-likeness (QED) is 0.580. The van der Waals surface area contributed by atoms with Crippen molar-refractivity contribution in [1.82, 2.24) is 0 Å². The van der Waals surface area contributed by atoms with Crippen LogP contribution in [0.5, 0.6) is 0 Å². The molecular formula is C21H31N. The van der Waals surface area contributed by atoms with E-state index >= 15 is 0 Å². The molecule has 0 aliphatic heterocycles. The molecule has 1 aliphatic carbocycles. The van der Waals surface area contributed by atoms with Crippen molar-refractivity contribution < 1.29 is 0 Å². The van der Waals surface area contributed by atoms with E-state index in [2.05, 4.69) is 66.8 Å². The zero-order chi connectivity index (χ0) is 16.9. The Hall–Kier alpha value is -1.50. The number of nitrogens with two attached hydrogens (primary N) is 1. The van der Waals surface area contributed by atoms with Gasteiger partial charge in [-0.2, -0.15) is 0 Å². The summed E-state index contributed by atoms with van der Waals surface area (Å²) < 4.78 is 0. The molecule has 120 valence electrons. The number of benzene rings is 1. The number of hydrogen-bond acceptors (Lipinski definition) is 1. The lowest BCUT2D eigenvalue weighted by Gasteiger charge is -2.47. The van der Waals surface area contributed by atoms with Crippen LogP contribution in [0.2, 0.25) is 0 Å². The van der Waals surface area contributed by atoms with Crippen molar-refractivity contribution in [3.63, 3.8) is 0 Å². The van der Waals surface area contributed by atoms with E-state index in [-0.39, 0.29) is 16.2 Å². The molecule has 0 amide bonds. The molecule has 0 saturated heterocycles. The number of rotatable bonds is 4. The van der Waals surface area contributed by atoms with Gasteiger partial charge in [0.05, 0.1) is 0 Å². The van der Waals surface area contributed by atoms with Gasteiger partial charge in [-0.3, -0.25) is 0 Å². The molecule has 0 fully saturated rings. The first-order valence-electron chi connectivity index (χ1n) is 8.21. The first-order chi connectivity index (χ1) is 10.1. The maximum atomic E-state index is 6.45. The first-order valence-corrected chi connectivity index (χ1v) is 8.21. The summed E-state index contributed by atoms with van der Waals surface area (Å²) in [7, 11) is 0. The molecule has 1 unspecified atom stereocenters. The molecule has 1 aromatic carbocycles. The fourth-order valence-corrected chi connectivity index (χ4v) is 4.62. The maximum Gasteiger partial charge on any atom is 0.0382 e. The summed E-state index contributed by atoms with van der Waals surface area (Å²) in [5.74, 6) is 0. The van der Waals surface area contributed by atoms with Gasteiger partial charge in [0.2, 0.25) is 0 Å². The summed E-state index contributed by atoms with van der Waals surface area (Å²) in [4.78, 5) is 0. The fourth-order valence-electron chi connectivity index (χ4n) is 4.62. The third-order valence-corrected chi connectivity index (χ3v) is 6.64. The molecule has 1 nitrogen and oxygen atoms in total. The first kappa shape index (κ1) is 16.9. The molecule has 0 radical (unpaired) electrons. The Balaban J connectivity index is 2.90. The molecular weight excluding hydrogens is 266 g/mol. The third-order valence-electron chi connectivity index (χ3n) is 6.64. The lowest BCUT2D eigenvalue weighted by molar-refractivity contribution is 0.103. The Kier molecular flexibility index (Phi) is 3.84. The lowest BCUT2D eigenvalue weighted by atomic mass is 9.56. The molecule has 0 spiro atoms. The van der Waals surface area contributed by atoms with E-state index in [9.17, 15) is 0 Å². The molecule has 2 rings (SSSR count). The van der Waals surface area contributed by atoms with Gasteiger partial charge in [-0.05, 0) is 58.3 Å². The number of allylic oxidation sites excluding steroid dienone is 2. The Labute approximate surface area is 136 Å². The van der Waals surface area contributed by atoms with E-state index in [0.717, 1.165) is 18.5 Å². The molecule has 1 heteroatoms. The van der Waals surface area contributed by atoms with Crippen molar-refractivity contribution in [1.29, 1.82) is 0 Å². The number of anilines is 1. The number of fused-ring (bicyclic) bond motifs is 1. The number of aryl methyl sites for hydroxylation is 1. The molecule has 2 N–H and O–H groups in total. The van der Waals surface area contributed by atoms with Crippen LogP contribution in [-0.4, -0.2) is 0 Å². The number of hydrogen-bond donors (Lipinski definition) is 1. The average Bonchev–Trinajstić information content (AvgIpc) is 2.52. The average molecular weight is 297 g/mol. The Bertz CT molecular complexity index is 634. The Morgan fingerprint density at radius 3 is 2.14 bits per heavy atom. The summed E-state index contributed by atoms with van der Waals surface area (Å²) in [6.45, 7) is 22.0. The van der Waals surface area contributed by atoms with Gasteiger partial charge in [-0.15, -0.1) is 13.2 Å². The second kappa shape index (κ2) is 5.01. The topological polar surface area (TPSA) is 26.0 Å². The summed E-state index contributed by atoms with van der Waals surface area (Å²) in [6, 6.07) is 2.31. The Morgan fingerprint density at radius 1 is 1.05 bits per heavy atom. The minimum Gasteiger partial charge on any atom is -0.398 e. The standard InChI is InChI=1S/C21H31N/c1-9-11-15-17-16(13-14(3)18(15)22)19(4,5)21(8,12-10-2)20(17,6)7/h9-10,13H,1-2,11-12,22H2,3-8H3. The minimum absolute atomic E-state index is 0.0419. The van der Waals surface area contributed by atoms with Crippen LogP contribution >= 0.6 is 0 Å². The largest absolute Gasteiger partial charge is 0.398 e. The van der Waals surface area contributed by atoms with Crippen LogP contribution in [0.4, 0.5) is 5.69 Å². The van der Waals surface area contributed by atoms with Gasteiger partial charge in [-0.25, -0.2) is 0 Å². The van der Waals surface area contributed by atoms with Crippen molar-refractivity contribution in [3.8, 4) is 0 Å². The van der Waals surface area contributed by atoms with E-state index in [0.29, 0.717) is 0 Å². The minimum atomic E-state index is 0.0419. The van der Waals surface area contributed by atoms with Crippen LogP contribution < -0.4 is 5.73 Å². The Morgan fingerprint density at radius 2 is 1.64 bits per heavy atom. The predicted octanol–water partition coefficient (Wildman–Crippen LogP) is 5.46. The molecule has 0 heterocycles. The van der Waals surface area contributed by atoms with Gasteiger partial charge in [0.15, 0.2) is 0 Å². The van der Waals surface area contributed by atoms with Gasteiger partial charge < -0.3 is 5.73 Å². The fraction of sp³-hybridized carbons (Fsp3) is 0.524. The van der Waals surface area contributed by atoms with E-state index in [4.69, 9.17) is 5.73 Å². The molecule has 0 aromatic heterocycles. The molecule has 1 aliphatic rings. The highest BCUT2D eigenvalue weighted by Gasteiger charge is 2.59. The monoisotopic (exact) mass is 297 g/mol. The van der Waals surface area contributed by atoms with Crippen molar-refractivity contribution >= 4 is 5.69 Å². The van der Waals surface area contributed by atoms with Gasteiger partial charge in [0.1, 0.15) is 0 Å². The molecule has 22 heavy (non-hydrogen) atoms. The second-order valence-corrected chi connectivity index (χ2v) is 8.08. The van der Waals surface area contributed by atoms with Crippen molar-refractivity contribution in [3.05, 3.63) is 53.6 Å². The number of nitrogen functional groups attached to an aromatic ring is 1. The van der Waals surface area contributed by atoms with E-state index in [1.807, 2.05) is 6.08 Å². The SMILES string of the molecule is C=CCc1c(N)c(C)cc2c1C(C)(C)C(C)(CC=C)C2(C)C. The normalized spacial score (nSPS) is 24.8. The predicted molar refractivity (Wildman–Crippen MR) is 98.5 cm³/mol. The lowest BCUT2D eigenvalue weighted by Crippen LogP contribution is -2.44. The van der Waals surface area contributed by atoms with Crippen molar-refractivity contribution in [2.45, 2.75) is 65.2 Å². The molecule has 0 saturated carbocycles. The van der Waals surface area contributed by atoms with E-state index in [1.54, 1.807) is 0 Å². The molecule has 0 bridgehead atoms. The highest BCUT2D eigenvalue weighted by atomic mass is 14.7. The maximum absolute atomic E-state index is 6.45. The summed E-state index contributed by atoms with van der Waals surface area (Å²) in [5, 5.41) is 0. The van der Waals surface area contributed by atoms with Crippen LogP contribution in [0.25, 0.3) is 0 Å². The summed E-state index contributed by atoms with van der Waals surface area (Å²) in [6.07, 6.45) is 5.87. The molecule has 1 atom stereocenters. The van der Waals surface area contributed by atoms with Crippen LogP contribution in [0.3, 0.4) is 0 Å². The van der Waals surface area contributed by atoms with Crippen molar-refractivity contribution in [2.24, 2.45) is 5.41 Å². The van der Waals surface area contributed by atoms with Crippen LogP contribution in [0, 0.1) is 12.3 Å². The zero-order valence-electron chi connectivity index (χ0n) is 15.1. The van der Waals surface area contributed by atoms with E-state index in [1.165, 1.54) is 22.3 Å². The zero-order valence-corrected chi connectivity index (χ0v) is 15.1. The van der Waals surface area contributed by atoms with Crippen LogP contribution in [0.15, 0.2) is 31.4 Å². The highest BCUT2D eigenvalue weighted by molar-refractivity contribution is 5.66. The van der Waals surface area contributed by atoms with Crippen molar-refractivity contribution in [2.75, 3.05) is 5.73 Å². The third kappa shape index (κ3) is 1.84. The van der Waals surface area contributed by atoms with Gasteiger partial charge >= 0.3 is 0 Å². The highest BCUT2D eigenvalue weighted by Crippen LogP contribution is 2.64. The van der Waals surface area contributed by atoms with E-state index < -0.39 is 0 Å². The van der Waals surface area contributed by atoms with Gasteiger partial charge in [-0.1, -0.05) is 52.8 Å². The summed E-state index contributed by atoms with van der Waals surface area (Å²) >= 11 is 0. The smallest absolute Gasteiger partial charge is 0.0382 e.